The van der Waals surface area contributed by atoms with Crippen LogP contribution in [0.25, 0.3) is 21.8 Å². The Morgan fingerprint density at radius 3 is 1.25 bits per heavy atom. The SMILES string of the molecule is CCN1CCN(c2cc3c(cc2F)c(=O)c(C(=O)[O-])cn3C2CC2)CC1.CCN1CCN(c2cc3c(cc2F)c(=O)c(C(=O)[O-])cn3C2CC2)CC1.[Cu+2]. The molecule has 0 amide bonds. The number of carbonyl (C=O) groups is 2. The monoisotopic (exact) mass is 779 g/mol. The molecule has 0 spiro atoms. The minimum absolute atomic E-state index is 0. The second-order valence-corrected chi connectivity index (χ2v) is 14.1. The smallest absolute Gasteiger partial charge is 0.545 e. The summed E-state index contributed by atoms with van der Waals surface area (Å²) in [6, 6.07) is 6.09. The summed E-state index contributed by atoms with van der Waals surface area (Å²) in [5.41, 5.74) is -0.0438. The van der Waals surface area contributed by atoms with E-state index in [1.54, 1.807) is 21.3 Å². The summed E-state index contributed by atoms with van der Waals surface area (Å²) < 4.78 is 33.2. The van der Waals surface area contributed by atoms with Crippen LogP contribution in [0, 0.1) is 11.6 Å². The number of fused-ring (bicyclic) bond motifs is 2. The Hall–Kier alpha value is -4.30. The molecule has 8 rings (SSSR count). The third kappa shape index (κ3) is 7.71. The van der Waals surface area contributed by atoms with Crippen molar-refractivity contribution >= 4 is 45.1 Å². The zero-order valence-corrected chi connectivity index (χ0v) is 30.7. The quantitative estimate of drug-likeness (QED) is 0.244. The zero-order valence-electron chi connectivity index (χ0n) is 29.7. The summed E-state index contributed by atoms with van der Waals surface area (Å²) in [6.45, 7) is 12.5. The van der Waals surface area contributed by atoms with Crippen molar-refractivity contribution in [3.05, 3.63) is 79.9 Å². The number of benzene rings is 2. The predicted molar refractivity (Wildman–Crippen MR) is 190 cm³/mol. The molecule has 15 heteroatoms. The van der Waals surface area contributed by atoms with Gasteiger partial charge in [0.25, 0.3) is 0 Å². The number of aromatic nitrogens is 2. The van der Waals surface area contributed by atoms with Crippen LogP contribution in [-0.2, 0) is 17.1 Å². The largest absolute Gasteiger partial charge is 2.00 e. The van der Waals surface area contributed by atoms with Gasteiger partial charge in [-0.25, -0.2) is 8.78 Å². The van der Waals surface area contributed by atoms with Gasteiger partial charge in [-0.3, -0.25) is 9.59 Å². The molecule has 0 unspecified atom stereocenters. The summed E-state index contributed by atoms with van der Waals surface area (Å²) in [4.78, 5) is 56.1. The molecule has 2 aromatic carbocycles. The van der Waals surface area contributed by atoms with Crippen molar-refractivity contribution in [2.75, 3.05) is 75.2 Å². The van der Waals surface area contributed by atoms with Gasteiger partial charge in [0.2, 0.25) is 0 Å². The van der Waals surface area contributed by atoms with Crippen molar-refractivity contribution in [2.45, 2.75) is 51.6 Å². The second kappa shape index (κ2) is 15.6. The molecule has 285 valence electrons. The molecule has 12 nitrogen and oxygen atoms in total. The molecule has 2 saturated carbocycles. The molecule has 2 saturated heterocycles. The third-order valence-corrected chi connectivity index (χ3v) is 10.8. The van der Waals surface area contributed by atoms with Crippen molar-refractivity contribution in [3.63, 3.8) is 0 Å². The first kappa shape index (κ1) is 38.4. The Morgan fingerprint density at radius 1 is 0.623 bits per heavy atom. The molecule has 2 aliphatic carbocycles. The van der Waals surface area contributed by atoms with Crippen LogP contribution in [0.3, 0.4) is 0 Å². The topological polar surface area (TPSA) is 137 Å². The molecule has 1 radical (unpaired) electrons. The number of carboxylic acid groups (broad SMARTS) is 2. The maximum Gasteiger partial charge on any atom is 2.00 e. The van der Waals surface area contributed by atoms with Crippen LogP contribution in [0.15, 0.2) is 46.2 Å². The van der Waals surface area contributed by atoms with E-state index in [1.165, 1.54) is 24.5 Å². The van der Waals surface area contributed by atoms with Gasteiger partial charge in [0, 0.05) is 87.6 Å². The number of likely N-dealkylation sites (N-methyl/N-ethyl adjacent to an activating group) is 2. The van der Waals surface area contributed by atoms with Gasteiger partial charge in [0.15, 0.2) is 10.9 Å². The van der Waals surface area contributed by atoms with E-state index in [0.29, 0.717) is 22.4 Å². The Bertz CT molecular complexity index is 2020. The molecule has 2 aromatic heterocycles. The van der Waals surface area contributed by atoms with Crippen molar-refractivity contribution in [3.8, 4) is 0 Å². The van der Waals surface area contributed by atoms with Gasteiger partial charge in [0.1, 0.15) is 11.6 Å². The minimum atomic E-state index is -1.52. The number of hydrogen-bond donors (Lipinski definition) is 0. The Kier molecular flexibility index (Phi) is 11.3. The van der Waals surface area contributed by atoms with Crippen LogP contribution >= 0.6 is 0 Å². The number of carboxylic acids is 2. The number of piperazine rings is 2. The number of pyridine rings is 2. The zero-order chi connectivity index (χ0) is 36.8. The number of nitrogens with zero attached hydrogens (tertiary/aromatic N) is 6. The predicted octanol–water partition coefficient (Wildman–Crippen LogP) is 1.96. The van der Waals surface area contributed by atoms with E-state index in [9.17, 15) is 38.2 Å². The first-order valence-electron chi connectivity index (χ1n) is 18.1. The first-order chi connectivity index (χ1) is 25.0. The maximum atomic E-state index is 14.8. The average Bonchev–Trinajstić information content (AvgIpc) is 4.07. The normalized spacial score (nSPS) is 18.1. The van der Waals surface area contributed by atoms with Gasteiger partial charge < -0.3 is 48.5 Å². The van der Waals surface area contributed by atoms with Crippen LogP contribution in [0.2, 0.25) is 0 Å². The van der Waals surface area contributed by atoms with Crippen LogP contribution in [0.4, 0.5) is 20.2 Å². The molecule has 4 aliphatic rings. The fraction of sp³-hybridized carbons (Fsp3) is 0.474. The van der Waals surface area contributed by atoms with Crippen molar-refractivity contribution in [1.29, 1.82) is 0 Å². The number of hydrogen-bond acceptors (Lipinski definition) is 10. The van der Waals surface area contributed by atoms with Crippen molar-refractivity contribution in [1.82, 2.24) is 18.9 Å². The number of halogens is 2. The van der Waals surface area contributed by atoms with Crippen LogP contribution in [0.1, 0.15) is 72.3 Å². The first-order valence-corrected chi connectivity index (χ1v) is 18.1. The summed E-state index contributed by atoms with van der Waals surface area (Å²) in [5, 5.41) is 22.8. The van der Waals surface area contributed by atoms with E-state index in [2.05, 4.69) is 23.6 Å². The van der Waals surface area contributed by atoms with E-state index in [0.717, 1.165) is 91.1 Å². The molecular formula is C38H42CuF2N6O6. The van der Waals surface area contributed by atoms with Crippen LogP contribution in [-0.4, -0.2) is 96.3 Å². The van der Waals surface area contributed by atoms with Crippen molar-refractivity contribution in [2.24, 2.45) is 0 Å². The molecule has 53 heavy (non-hydrogen) atoms. The van der Waals surface area contributed by atoms with Gasteiger partial charge in [-0.1, -0.05) is 13.8 Å². The van der Waals surface area contributed by atoms with E-state index in [-0.39, 0.29) is 39.9 Å². The summed E-state index contributed by atoms with van der Waals surface area (Å²) in [7, 11) is 0. The average molecular weight is 780 g/mol. The van der Waals surface area contributed by atoms with E-state index < -0.39 is 45.6 Å². The Morgan fingerprint density at radius 2 is 0.962 bits per heavy atom. The van der Waals surface area contributed by atoms with Gasteiger partial charge in [-0.05, 0) is 63.0 Å². The van der Waals surface area contributed by atoms with Gasteiger partial charge in [-0.15, -0.1) is 0 Å². The van der Waals surface area contributed by atoms with E-state index in [4.69, 9.17) is 0 Å². The Labute approximate surface area is 315 Å². The maximum absolute atomic E-state index is 14.8. The molecular weight excluding hydrogens is 738 g/mol. The number of aromatic carboxylic acids is 2. The van der Waals surface area contributed by atoms with Gasteiger partial charge in [0.05, 0.1) is 45.5 Å². The molecule has 2 aliphatic heterocycles. The molecule has 0 atom stereocenters. The van der Waals surface area contributed by atoms with Gasteiger partial charge >= 0.3 is 17.1 Å². The molecule has 4 aromatic rings. The number of rotatable bonds is 8. The standard InChI is InChI=1S/2C19H22FN3O3.Cu/c2*1-2-21-5-7-22(8-6-21)17-10-16-13(9-15(17)20)18(24)14(19(25)26)11-23(16)12-3-4-12;/h2*9-12H,2-8H2,1H3,(H,25,26);/q;;+2/p-2. The molecule has 0 bridgehead atoms. The summed E-state index contributed by atoms with van der Waals surface area (Å²) in [5.74, 6) is -4.02. The minimum Gasteiger partial charge on any atom is -0.545 e. The fourth-order valence-electron chi connectivity index (χ4n) is 7.41. The third-order valence-electron chi connectivity index (χ3n) is 10.8. The van der Waals surface area contributed by atoms with Crippen LogP contribution in [0.5, 0.6) is 0 Å². The fourth-order valence-corrected chi connectivity index (χ4v) is 7.41. The molecule has 4 fully saturated rings. The van der Waals surface area contributed by atoms with Crippen LogP contribution < -0.4 is 30.9 Å². The van der Waals surface area contributed by atoms with Gasteiger partial charge in [-0.2, -0.15) is 0 Å². The van der Waals surface area contributed by atoms with E-state index in [1.807, 2.05) is 9.80 Å². The summed E-state index contributed by atoms with van der Waals surface area (Å²) >= 11 is 0. The molecule has 4 heterocycles. The second-order valence-electron chi connectivity index (χ2n) is 14.1. The molecule has 0 N–H and O–H groups in total. The van der Waals surface area contributed by atoms with E-state index >= 15 is 0 Å². The summed E-state index contributed by atoms with van der Waals surface area (Å²) in [6.07, 6.45) is 6.40. The van der Waals surface area contributed by atoms with Crippen molar-refractivity contribution < 1.29 is 45.7 Å². The number of carbonyl (C=O) groups excluding carboxylic acids is 2. The Balaban J connectivity index is 0.000000178. The number of anilines is 2.